The highest BCUT2D eigenvalue weighted by Crippen LogP contribution is 2.49. The fourth-order valence-electron chi connectivity index (χ4n) is 1.90. The van der Waals surface area contributed by atoms with Crippen molar-refractivity contribution in [2.45, 2.75) is 33.1 Å². The Morgan fingerprint density at radius 1 is 1.38 bits per heavy atom. The average Bonchev–Trinajstić information content (AvgIpc) is 3.03. The maximum absolute atomic E-state index is 12.0. The van der Waals surface area contributed by atoms with Crippen LogP contribution in [-0.4, -0.2) is 29.3 Å². The molecule has 1 spiro atoms. The molecule has 0 radical (unpaired) electrons. The van der Waals surface area contributed by atoms with Crippen molar-refractivity contribution in [3.05, 3.63) is 0 Å². The summed E-state index contributed by atoms with van der Waals surface area (Å²) in [7, 11) is 0. The molecule has 2 rings (SSSR count). The Hall–Kier alpha value is -1.39. The van der Waals surface area contributed by atoms with Crippen LogP contribution in [0.1, 0.15) is 33.1 Å². The van der Waals surface area contributed by atoms with Crippen LogP contribution >= 0.6 is 0 Å². The molecule has 0 aromatic rings. The lowest BCUT2D eigenvalue weighted by atomic mass is 10.0. The number of hydrogen-bond donors (Lipinski definition) is 1. The van der Waals surface area contributed by atoms with Gasteiger partial charge in [0, 0.05) is 6.54 Å². The fraction of sp³-hybridized carbons (Fsp3) is 0.727. The SMILES string of the molecule is CCC(C)CN1C(=O)NC(=O)C2(CC2)C1=O. The number of urea groups is 1. The molecule has 5 nitrogen and oxygen atoms in total. The lowest BCUT2D eigenvalue weighted by Gasteiger charge is -2.31. The van der Waals surface area contributed by atoms with Crippen LogP contribution in [0.25, 0.3) is 0 Å². The van der Waals surface area contributed by atoms with Crippen LogP contribution in [0.4, 0.5) is 4.79 Å². The van der Waals surface area contributed by atoms with Gasteiger partial charge in [0.1, 0.15) is 5.41 Å². The van der Waals surface area contributed by atoms with Crippen molar-refractivity contribution < 1.29 is 14.4 Å². The second kappa shape index (κ2) is 3.57. The molecule has 2 aliphatic rings. The van der Waals surface area contributed by atoms with Gasteiger partial charge in [-0.1, -0.05) is 20.3 Å². The Morgan fingerprint density at radius 2 is 2.00 bits per heavy atom. The van der Waals surface area contributed by atoms with Crippen LogP contribution in [0.15, 0.2) is 0 Å². The molecule has 1 N–H and O–H groups in total. The first kappa shape index (κ1) is 11.1. The minimum absolute atomic E-state index is 0.263. The van der Waals surface area contributed by atoms with Gasteiger partial charge in [-0.2, -0.15) is 0 Å². The molecule has 5 heteroatoms. The molecule has 1 atom stereocenters. The summed E-state index contributed by atoms with van der Waals surface area (Å²) in [5, 5.41) is 2.27. The number of imide groups is 2. The number of carbonyl (C=O) groups is 3. The zero-order chi connectivity index (χ0) is 11.9. The van der Waals surface area contributed by atoms with Crippen molar-refractivity contribution in [2.75, 3.05) is 6.54 Å². The van der Waals surface area contributed by atoms with E-state index in [1.54, 1.807) is 0 Å². The monoisotopic (exact) mass is 224 g/mol. The van der Waals surface area contributed by atoms with E-state index in [9.17, 15) is 14.4 Å². The maximum Gasteiger partial charge on any atom is 0.330 e. The van der Waals surface area contributed by atoms with Gasteiger partial charge in [0.2, 0.25) is 11.8 Å². The van der Waals surface area contributed by atoms with Crippen molar-refractivity contribution in [1.82, 2.24) is 10.2 Å². The first-order valence-corrected chi connectivity index (χ1v) is 5.68. The molecule has 2 fully saturated rings. The third kappa shape index (κ3) is 1.50. The van der Waals surface area contributed by atoms with Crippen LogP contribution in [-0.2, 0) is 9.59 Å². The molecule has 4 amide bonds. The predicted molar refractivity (Wildman–Crippen MR) is 56.4 cm³/mol. The van der Waals surface area contributed by atoms with E-state index in [1.165, 1.54) is 4.90 Å². The summed E-state index contributed by atoms with van der Waals surface area (Å²) in [6.07, 6.45) is 2.04. The fourth-order valence-corrected chi connectivity index (χ4v) is 1.90. The topological polar surface area (TPSA) is 66.5 Å². The van der Waals surface area contributed by atoms with E-state index in [2.05, 4.69) is 5.32 Å². The second-order valence-electron chi connectivity index (χ2n) is 4.77. The van der Waals surface area contributed by atoms with Crippen molar-refractivity contribution in [2.24, 2.45) is 11.3 Å². The summed E-state index contributed by atoms with van der Waals surface area (Å²) in [6, 6.07) is -0.562. The van der Waals surface area contributed by atoms with Crippen LogP contribution in [0.3, 0.4) is 0 Å². The van der Waals surface area contributed by atoms with E-state index >= 15 is 0 Å². The zero-order valence-corrected chi connectivity index (χ0v) is 9.58. The van der Waals surface area contributed by atoms with Gasteiger partial charge < -0.3 is 0 Å². The van der Waals surface area contributed by atoms with Gasteiger partial charge in [-0.15, -0.1) is 0 Å². The number of hydrogen-bond acceptors (Lipinski definition) is 3. The Morgan fingerprint density at radius 3 is 2.50 bits per heavy atom. The number of amides is 4. The van der Waals surface area contributed by atoms with Crippen LogP contribution in [0.5, 0.6) is 0 Å². The van der Waals surface area contributed by atoms with E-state index in [0.29, 0.717) is 19.4 Å². The summed E-state index contributed by atoms with van der Waals surface area (Å²) in [5.41, 5.74) is -0.901. The van der Waals surface area contributed by atoms with Crippen molar-refractivity contribution in [1.29, 1.82) is 0 Å². The Balaban J connectivity index is 2.15. The summed E-state index contributed by atoms with van der Waals surface area (Å²) in [4.78, 5) is 36.3. The second-order valence-corrected chi connectivity index (χ2v) is 4.77. The molecule has 88 valence electrons. The third-order valence-electron chi connectivity index (χ3n) is 3.50. The molecular formula is C11H16N2O3. The molecule has 0 aromatic heterocycles. The molecule has 0 bridgehead atoms. The molecule has 1 aliphatic heterocycles. The third-order valence-corrected chi connectivity index (χ3v) is 3.50. The molecule has 0 aromatic carbocycles. The Kier molecular flexibility index (Phi) is 2.48. The van der Waals surface area contributed by atoms with Gasteiger partial charge in [-0.05, 0) is 18.8 Å². The molecule has 1 unspecified atom stereocenters. The lowest BCUT2D eigenvalue weighted by Crippen LogP contribution is -2.59. The van der Waals surface area contributed by atoms with Crippen LogP contribution < -0.4 is 5.32 Å². The van der Waals surface area contributed by atoms with Gasteiger partial charge in [-0.3, -0.25) is 19.8 Å². The van der Waals surface area contributed by atoms with E-state index in [1.807, 2.05) is 13.8 Å². The average molecular weight is 224 g/mol. The summed E-state index contributed by atoms with van der Waals surface area (Å²) in [5.74, 6) is -0.455. The quantitative estimate of drug-likeness (QED) is 0.724. The standard InChI is InChI=1S/C11H16N2O3/c1-3-7(2)6-13-9(15)11(4-5-11)8(14)12-10(13)16/h7H,3-6H2,1-2H3,(H,12,14,16). The number of barbiturate groups is 1. The number of nitrogens with one attached hydrogen (secondary N) is 1. The highest BCUT2D eigenvalue weighted by molar-refractivity contribution is 6.20. The van der Waals surface area contributed by atoms with E-state index < -0.39 is 17.4 Å². The largest absolute Gasteiger partial charge is 0.330 e. The van der Waals surface area contributed by atoms with Gasteiger partial charge in [0.05, 0.1) is 0 Å². The molecule has 16 heavy (non-hydrogen) atoms. The number of nitrogens with zero attached hydrogens (tertiary/aromatic N) is 1. The van der Waals surface area contributed by atoms with E-state index in [0.717, 1.165) is 6.42 Å². The highest BCUT2D eigenvalue weighted by Gasteiger charge is 2.62. The number of carbonyl (C=O) groups excluding carboxylic acids is 3. The first-order chi connectivity index (χ1) is 7.51. The van der Waals surface area contributed by atoms with Crippen LogP contribution in [0, 0.1) is 11.3 Å². The smallest absolute Gasteiger partial charge is 0.277 e. The van der Waals surface area contributed by atoms with Crippen molar-refractivity contribution in [3.8, 4) is 0 Å². The van der Waals surface area contributed by atoms with Gasteiger partial charge in [0.25, 0.3) is 0 Å². The van der Waals surface area contributed by atoms with E-state index in [4.69, 9.17) is 0 Å². The summed E-state index contributed by atoms with van der Waals surface area (Å²) >= 11 is 0. The van der Waals surface area contributed by atoms with Gasteiger partial charge in [0.15, 0.2) is 0 Å². The van der Waals surface area contributed by atoms with Gasteiger partial charge >= 0.3 is 6.03 Å². The molecular weight excluding hydrogens is 208 g/mol. The van der Waals surface area contributed by atoms with E-state index in [-0.39, 0.29) is 11.8 Å². The predicted octanol–water partition coefficient (Wildman–Crippen LogP) is 0.891. The summed E-state index contributed by atoms with van der Waals surface area (Å²) < 4.78 is 0. The molecule has 1 saturated carbocycles. The van der Waals surface area contributed by atoms with Gasteiger partial charge in [-0.25, -0.2) is 4.79 Å². The number of rotatable bonds is 3. The lowest BCUT2D eigenvalue weighted by molar-refractivity contribution is -0.145. The minimum Gasteiger partial charge on any atom is -0.277 e. The highest BCUT2D eigenvalue weighted by atomic mass is 16.2. The Bertz CT molecular complexity index is 360. The summed E-state index contributed by atoms with van der Waals surface area (Å²) in [6.45, 7) is 4.39. The zero-order valence-electron chi connectivity index (χ0n) is 9.58. The normalized spacial score (nSPS) is 24.6. The Labute approximate surface area is 94.2 Å². The minimum atomic E-state index is -0.901. The first-order valence-electron chi connectivity index (χ1n) is 5.68. The maximum atomic E-state index is 12.0. The molecule has 1 aliphatic carbocycles. The van der Waals surface area contributed by atoms with Crippen LogP contribution in [0.2, 0.25) is 0 Å². The van der Waals surface area contributed by atoms with Crippen molar-refractivity contribution in [3.63, 3.8) is 0 Å². The molecule has 1 saturated heterocycles. The molecule has 1 heterocycles. The van der Waals surface area contributed by atoms with Crippen molar-refractivity contribution >= 4 is 17.8 Å².